The molecule has 2 rings (SSSR count). The molecule has 0 spiro atoms. The molecule has 1 unspecified atom stereocenters. The minimum absolute atomic E-state index is 0.0576. The summed E-state index contributed by atoms with van der Waals surface area (Å²) in [6, 6.07) is 6.35. The SMILES string of the molecule is CCOP(=O)(O)C[C@@H](CC(C)C)C(=O)N[C@@H](Cc1c[nH]c2ccccc12)C(=O)O. The molecular formula is C20H29N2O6P. The number of para-hydroxylation sites is 1. The first-order chi connectivity index (χ1) is 13.6. The number of carboxylic acids is 1. The van der Waals surface area contributed by atoms with Crippen LogP contribution in [0.15, 0.2) is 30.5 Å². The highest BCUT2D eigenvalue weighted by Gasteiger charge is 2.32. The highest BCUT2D eigenvalue weighted by atomic mass is 31.2. The molecule has 0 bridgehead atoms. The zero-order valence-corrected chi connectivity index (χ0v) is 17.8. The summed E-state index contributed by atoms with van der Waals surface area (Å²) < 4.78 is 17.1. The first-order valence-electron chi connectivity index (χ1n) is 9.67. The van der Waals surface area contributed by atoms with Gasteiger partial charge in [-0.2, -0.15) is 0 Å². The Balaban J connectivity index is 2.16. The number of benzene rings is 1. The lowest BCUT2D eigenvalue weighted by atomic mass is 9.97. The predicted molar refractivity (Wildman–Crippen MR) is 111 cm³/mol. The second kappa shape index (κ2) is 10.1. The van der Waals surface area contributed by atoms with Crippen LogP contribution in [0.25, 0.3) is 10.9 Å². The third-order valence-electron chi connectivity index (χ3n) is 4.62. The molecule has 0 saturated carbocycles. The minimum atomic E-state index is -3.93. The zero-order valence-electron chi connectivity index (χ0n) is 16.9. The predicted octanol–water partition coefficient (Wildman–Crippen LogP) is 3.16. The van der Waals surface area contributed by atoms with Gasteiger partial charge in [-0.25, -0.2) is 4.79 Å². The Morgan fingerprint density at radius 1 is 1.28 bits per heavy atom. The van der Waals surface area contributed by atoms with Gasteiger partial charge in [-0.15, -0.1) is 0 Å². The number of aromatic amines is 1. The van der Waals surface area contributed by atoms with Gasteiger partial charge in [-0.05, 0) is 30.9 Å². The van der Waals surface area contributed by atoms with Crippen LogP contribution in [0.4, 0.5) is 0 Å². The lowest BCUT2D eigenvalue weighted by molar-refractivity contribution is -0.142. The van der Waals surface area contributed by atoms with Crippen LogP contribution >= 0.6 is 7.60 Å². The number of aliphatic carboxylic acids is 1. The number of nitrogens with one attached hydrogen (secondary N) is 2. The molecule has 0 aliphatic rings. The molecular weight excluding hydrogens is 395 g/mol. The average Bonchev–Trinajstić information content (AvgIpc) is 3.03. The minimum Gasteiger partial charge on any atom is -0.480 e. The fraction of sp³-hybridized carbons (Fsp3) is 0.500. The number of amides is 1. The molecule has 1 amide bonds. The van der Waals surface area contributed by atoms with E-state index in [0.717, 1.165) is 16.5 Å². The molecule has 2 aromatic rings. The molecule has 29 heavy (non-hydrogen) atoms. The Hall–Kier alpha value is -2.15. The molecule has 0 aliphatic heterocycles. The number of carboxylic acid groups (broad SMARTS) is 1. The van der Waals surface area contributed by atoms with E-state index in [1.807, 2.05) is 38.1 Å². The zero-order chi connectivity index (χ0) is 21.6. The van der Waals surface area contributed by atoms with Crippen LogP contribution < -0.4 is 5.32 Å². The maximum atomic E-state index is 12.8. The van der Waals surface area contributed by atoms with Gasteiger partial charge in [0.1, 0.15) is 6.04 Å². The van der Waals surface area contributed by atoms with E-state index >= 15 is 0 Å². The van der Waals surface area contributed by atoms with Crippen molar-refractivity contribution < 1.29 is 28.7 Å². The van der Waals surface area contributed by atoms with Gasteiger partial charge in [0.05, 0.1) is 12.8 Å². The van der Waals surface area contributed by atoms with Crippen molar-refractivity contribution in [3.8, 4) is 0 Å². The van der Waals surface area contributed by atoms with Gasteiger partial charge < -0.3 is 24.8 Å². The molecule has 0 aliphatic carbocycles. The molecule has 1 aromatic carbocycles. The normalized spacial score (nSPS) is 15.8. The Kier molecular flexibility index (Phi) is 8.02. The van der Waals surface area contributed by atoms with E-state index in [4.69, 9.17) is 4.52 Å². The van der Waals surface area contributed by atoms with E-state index in [0.29, 0.717) is 6.42 Å². The van der Waals surface area contributed by atoms with E-state index < -0.39 is 31.4 Å². The summed E-state index contributed by atoms with van der Waals surface area (Å²) in [5, 5.41) is 13.1. The molecule has 1 aromatic heterocycles. The van der Waals surface area contributed by atoms with Gasteiger partial charge in [0, 0.05) is 29.4 Å². The molecule has 9 heteroatoms. The van der Waals surface area contributed by atoms with Gasteiger partial charge in [0.25, 0.3) is 0 Å². The number of carbonyl (C=O) groups excluding carboxylic acids is 1. The summed E-state index contributed by atoms with van der Waals surface area (Å²) >= 11 is 0. The van der Waals surface area contributed by atoms with Gasteiger partial charge >= 0.3 is 13.6 Å². The van der Waals surface area contributed by atoms with E-state index in [1.165, 1.54) is 0 Å². The molecule has 3 atom stereocenters. The number of carbonyl (C=O) groups is 2. The van der Waals surface area contributed by atoms with Crippen molar-refractivity contribution in [3.63, 3.8) is 0 Å². The van der Waals surface area contributed by atoms with Crippen molar-refractivity contribution in [3.05, 3.63) is 36.0 Å². The van der Waals surface area contributed by atoms with Crippen molar-refractivity contribution in [1.29, 1.82) is 0 Å². The van der Waals surface area contributed by atoms with Crippen molar-refractivity contribution >= 4 is 30.4 Å². The fourth-order valence-electron chi connectivity index (χ4n) is 3.38. The maximum Gasteiger partial charge on any atom is 0.328 e. The summed E-state index contributed by atoms with van der Waals surface area (Å²) in [4.78, 5) is 37.6. The molecule has 0 radical (unpaired) electrons. The maximum absolute atomic E-state index is 12.8. The van der Waals surface area contributed by atoms with Crippen LogP contribution in [-0.2, 0) is 25.1 Å². The van der Waals surface area contributed by atoms with Crippen molar-refractivity contribution in [2.75, 3.05) is 12.8 Å². The van der Waals surface area contributed by atoms with Gasteiger partial charge in [0.2, 0.25) is 5.91 Å². The Labute approximate surface area is 170 Å². The second-order valence-corrected chi connectivity index (χ2v) is 9.43. The Morgan fingerprint density at radius 3 is 2.59 bits per heavy atom. The van der Waals surface area contributed by atoms with Crippen molar-refractivity contribution in [1.82, 2.24) is 10.3 Å². The number of hydrogen-bond acceptors (Lipinski definition) is 4. The summed E-state index contributed by atoms with van der Waals surface area (Å²) in [5.74, 6) is -2.45. The fourth-order valence-corrected chi connectivity index (χ4v) is 4.76. The number of hydrogen-bond donors (Lipinski definition) is 4. The van der Waals surface area contributed by atoms with Crippen LogP contribution in [0.5, 0.6) is 0 Å². The van der Waals surface area contributed by atoms with Gasteiger partial charge in [0.15, 0.2) is 0 Å². The largest absolute Gasteiger partial charge is 0.480 e. The van der Waals surface area contributed by atoms with Gasteiger partial charge in [-0.3, -0.25) is 9.36 Å². The molecule has 160 valence electrons. The van der Waals surface area contributed by atoms with E-state index in [1.54, 1.807) is 13.1 Å². The van der Waals surface area contributed by atoms with Crippen molar-refractivity contribution in [2.24, 2.45) is 11.8 Å². The van der Waals surface area contributed by atoms with E-state index in [9.17, 15) is 24.2 Å². The first-order valence-corrected chi connectivity index (χ1v) is 11.4. The average molecular weight is 424 g/mol. The van der Waals surface area contributed by atoms with Crippen LogP contribution in [0.3, 0.4) is 0 Å². The standard InChI is InChI=1S/C20H29N2O6P/c1-4-28-29(26,27)12-15(9-13(2)3)19(23)22-18(20(24)25)10-14-11-21-17-8-6-5-7-16(14)17/h5-8,11,13,15,18,21H,4,9-10,12H2,1-3H3,(H,22,23)(H,24,25)(H,26,27)/t15-,18+/m1/s1. The Morgan fingerprint density at radius 2 is 1.97 bits per heavy atom. The van der Waals surface area contributed by atoms with Crippen LogP contribution in [0.1, 0.15) is 32.8 Å². The monoisotopic (exact) mass is 424 g/mol. The topological polar surface area (TPSA) is 129 Å². The number of aromatic nitrogens is 1. The van der Waals surface area contributed by atoms with E-state index in [-0.39, 0.29) is 25.1 Å². The van der Waals surface area contributed by atoms with Crippen LogP contribution in [-0.4, -0.2) is 45.7 Å². The number of rotatable bonds is 11. The Bertz CT molecular complexity index is 894. The first kappa shape index (κ1) is 23.1. The van der Waals surface area contributed by atoms with E-state index in [2.05, 4.69) is 10.3 Å². The number of H-pyrrole nitrogens is 1. The summed E-state index contributed by atoms with van der Waals surface area (Å²) in [5.41, 5.74) is 1.66. The highest BCUT2D eigenvalue weighted by molar-refractivity contribution is 7.52. The van der Waals surface area contributed by atoms with Crippen LogP contribution in [0, 0.1) is 11.8 Å². The smallest absolute Gasteiger partial charge is 0.328 e. The van der Waals surface area contributed by atoms with Gasteiger partial charge in [-0.1, -0.05) is 32.0 Å². The lowest BCUT2D eigenvalue weighted by Gasteiger charge is -2.23. The molecule has 4 N–H and O–H groups in total. The molecule has 0 saturated heterocycles. The van der Waals surface area contributed by atoms with Crippen LogP contribution in [0.2, 0.25) is 0 Å². The quantitative estimate of drug-likeness (QED) is 0.410. The third kappa shape index (κ3) is 6.70. The van der Waals surface area contributed by atoms with Crippen molar-refractivity contribution in [2.45, 2.75) is 39.7 Å². The molecule has 0 fully saturated rings. The second-order valence-electron chi connectivity index (χ2n) is 7.53. The summed E-state index contributed by atoms with van der Waals surface area (Å²) in [6.45, 7) is 5.44. The molecule has 8 nitrogen and oxygen atoms in total. The lowest BCUT2D eigenvalue weighted by Crippen LogP contribution is -2.46. The summed E-state index contributed by atoms with van der Waals surface area (Å²) in [7, 11) is -3.93. The number of fused-ring (bicyclic) bond motifs is 1. The molecule has 1 heterocycles. The third-order valence-corrected chi connectivity index (χ3v) is 6.19. The summed E-state index contributed by atoms with van der Waals surface area (Å²) in [6.07, 6.45) is 1.84. The highest BCUT2D eigenvalue weighted by Crippen LogP contribution is 2.44.